The topological polar surface area (TPSA) is 100 Å². The molecule has 0 aliphatic rings. The maximum atomic E-state index is 11.3. The second-order valence-electron chi connectivity index (χ2n) is 11.2. The second-order valence-corrected chi connectivity index (χ2v) is 11.2. The average Bonchev–Trinajstić information content (AvgIpc) is 2.90. The van der Waals surface area contributed by atoms with Gasteiger partial charge in [0.15, 0.2) is 0 Å². The van der Waals surface area contributed by atoms with Crippen molar-refractivity contribution < 1.29 is 29.7 Å². The van der Waals surface area contributed by atoms with E-state index in [1.54, 1.807) is 0 Å². The van der Waals surface area contributed by atoms with Crippen LogP contribution in [0.2, 0.25) is 0 Å². The van der Waals surface area contributed by atoms with E-state index in [0.717, 1.165) is 51.5 Å². The quantitative estimate of drug-likeness (QED) is 0.0264. The van der Waals surface area contributed by atoms with Crippen LogP contribution in [0.1, 0.15) is 142 Å². The molecule has 0 aromatic heterocycles. The van der Waals surface area contributed by atoms with Gasteiger partial charge in [-0.1, -0.05) is 115 Å². The summed E-state index contributed by atoms with van der Waals surface area (Å²) in [6, 6.07) is 0. The van der Waals surface area contributed by atoms with Crippen LogP contribution in [0.5, 0.6) is 0 Å². The monoisotopic (exact) mass is 558 g/mol. The fourth-order valence-electron chi connectivity index (χ4n) is 5.02. The molecular formula is C31H62N2O6. The summed E-state index contributed by atoms with van der Waals surface area (Å²) in [7, 11) is 4.04. The first-order valence-electron chi connectivity index (χ1n) is 15.9. The Morgan fingerprint density at radius 1 is 0.795 bits per heavy atom. The molecule has 0 saturated carbocycles. The summed E-state index contributed by atoms with van der Waals surface area (Å²) in [5.41, 5.74) is 1.51. The van der Waals surface area contributed by atoms with Crippen molar-refractivity contribution in [3.05, 3.63) is 12.2 Å². The first kappa shape index (κ1) is 37.8. The summed E-state index contributed by atoms with van der Waals surface area (Å²) in [4.78, 5) is 22.3. The average molecular weight is 559 g/mol. The van der Waals surface area contributed by atoms with Crippen LogP contribution >= 0.6 is 0 Å². The Labute approximate surface area is 239 Å². The molecule has 8 heteroatoms. The highest BCUT2D eigenvalue weighted by Crippen LogP contribution is 2.24. The van der Waals surface area contributed by atoms with Crippen LogP contribution in [0, 0.1) is 5.92 Å². The zero-order chi connectivity index (χ0) is 28.8. The van der Waals surface area contributed by atoms with Gasteiger partial charge in [-0.3, -0.25) is 5.21 Å². The molecule has 0 amide bonds. The van der Waals surface area contributed by atoms with E-state index in [0.29, 0.717) is 6.61 Å². The third-order valence-electron chi connectivity index (χ3n) is 7.37. The number of unbranched alkanes of at least 4 members (excludes halogenated alkanes) is 16. The number of hydrogen-bond donors (Lipinski definition) is 3. The summed E-state index contributed by atoms with van der Waals surface area (Å²) in [5, 5.41) is 17.5. The largest absolute Gasteiger partial charge is 0.506 e. The highest BCUT2D eigenvalue weighted by molar-refractivity contribution is 5.57. The Morgan fingerprint density at radius 2 is 1.36 bits per heavy atom. The van der Waals surface area contributed by atoms with Crippen LogP contribution in [0.3, 0.4) is 0 Å². The second kappa shape index (κ2) is 29.8. The van der Waals surface area contributed by atoms with Crippen molar-refractivity contribution in [1.29, 1.82) is 0 Å². The summed E-state index contributed by atoms with van der Waals surface area (Å²) >= 11 is 0. The molecule has 0 heterocycles. The van der Waals surface area contributed by atoms with Crippen LogP contribution in [0.4, 0.5) is 4.79 Å². The SMILES string of the molecule is CCCCCCC(CC=CCCCCCCCCCCCCCCCOONO)C(CCN(C)C)OC(=O)O. The molecule has 0 aromatic carbocycles. The predicted molar refractivity (Wildman–Crippen MR) is 159 cm³/mol. The van der Waals surface area contributed by atoms with Gasteiger partial charge in [-0.05, 0) is 64.2 Å². The van der Waals surface area contributed by atoms with Crippen LogP contribution in [0.15, 0.2) is 12.2 Å². The molecule has 0 aromatic rings. The molecule has 39 heavy (non-hydrogen) atoms. The van der Waals surface area contributed by atoms with Crippen LogP contribution in [-0.2, 0) is 14.6 Å². The number of allylic oxidation sites excluding steroid dienone is 2. The van der Waals surface area contributed by atoms with E-state index in [2.05, 4.69) is 33.9 Å². The van der Waals surface area contributed by atoms with E-state index in [-0.39, 0.29) is 12.0 Å². The van der Waals surface area contributed by atoms with E-state index in [4.69, 9.17) is 9.94 Å². The van der Waals surface area contributed by atoms with Crippen molar-refractivity contribution in [2.24, 2.45) is 5.92 Å². The molecule has 232 valence electrons. The smallest absolute Gasteiger partial charge is 0.450 e. The molecule has 0 aliphatic carbocycles. The maximum absolute atomic E-state index is 11.3. The summed E-state index contributed by atoms with van der Waals surface area (Å²) < 4.78 is 5.35. The van der Waals surface area contributed by atoms with E-state index >= 15 is 0 Å². The number of ether oxygens (including phenoxy) is 1. The van der Waals surface area contributed by atoms with Crippen LogP contribution in [0.25, 0.3) is 0 Å². The Balaban J connectivity index is 3.91. The number of nitrogens with zero attached hydrogens (tertiary/aromatic N) is 1. The van der Waals surface area contributed by atoms with Gasteiger partial charge in [0.1, 0.15) is 6.10 Å². The number of carboxylic acid groups (broad SMARTS) is 1. The molecule has 0 bridgehead atoms. The van der Waals surface area contributed by atoms with Gasteiger partial charge in [-0.2, -0.15) is 0 Å². The molecule has 0 spiro atoms. The van der Waals surface area contributed by atoms with Crippen molar-refractivity contribution in [2.45, 2.75) is 148 Å². The highest BCUT2D eigenvalue weighted by Gasteiger charge is 2.24. The number of carbonyl (C=O) groups is 1. The fraction of sp³-hybridized carbons (Fsp3) is 0.903. The van der Waals surface area contributed by atoms with Gasteiger partial charge in [0.05, 0.1) is 6.61 Å². The van der Waals surface area contributed by atoms with Gasteiger partial charge >= 0.3 is 6.16 Å². The molecule has 0 radical (unpaired) electrons. The lowest BCUT2D eigenvalue weighted by Gasteiger charge is -2.26. The van der Waals surface area contributed by atoms with E-state index in [1.807, 2.05) is 14.1 Å². The van der Waals surface area contributed by atoms with E-state index < -0.39 is 6.16 Å². The minimum atomic E-state index is -1.15. The molecule has 8 nitrogen and oxygen atoms in total. The standard InChI is InChI=1S/C31H62N2O6/c1-4-5-6-21-24-29(30(38-31(34)35)26-27-33(2)3)25-22-19-17-15-13-11-9-7-8-10-12-14-16-18-20-23-28-37-39-32-36/h19,22,29-30,32,36H,4-18,20-21,23-28H2,1-3H3,(H,34,35). The van der Waals surface area contributed by atoms with Crippen LogP contribution < -0.4 is 5.64 Å². The molecule has 0 saturated heterocycles. The summed E-state index contributed by atoms with van der Waals surface area (Å²) in [5.74, 6) is 0.263. The molecule has 3 N–H and O–H groups in total. The first-order chi connectivity index (χ1) is 19.0. The van der Waals surface area contributed by atoms with E-state index in [9.17, 15) is 9.90 Å². The number of nitrogens with one attached hydrogen (secondary N) is 1. The minimum Gasteiger partial charge on any atom is -0.450 e. The van der Waals surface area contributed by atoms with Crippen molar-refractivity contribution in [1.82, 2.24) is 10.5 Å². The summed E-state index contributed by atoms with van der Waals surface area (Å²) in [6.07, 6.45) is 28.3. The molecular weight excluding hydrogens is 496 g/mol. The van der Waals surface area contributed by atoms with Gasteiger partial charge in [-0.25, -0.2) is 9.68 Å². The van der Waals surface area contributed by atoms with Crippen LogP contribution in [-0.4, -0.2) is 54.7 Å². The lowest BCUT2D eigenvalue weighted by molar-refractivity contribution is -0.390. The Hall–Kier alpha value is -1.19. The van der Waals surface area contributed by atoms with Gasteiger partial charge in [-0.15, -0.1) is 4.99 Å². The van der Waals surface area contributed by atoms with Crippen molar-refractivity contribution >= 4 is 6.16 Å². The molecule has 0 aliphatic heterocycles. The Morgan fingerprint density at radius 3 is 1.90 bits per heavy atom. The minimum absolute atomic E-state index is 0.229. The Kier molecular flexibility index (Phi) is 28.9. The molecule has 0 rings (SSSR count). The lowest BCUT2D eigenvalue weighted by Crippen LogP contribution is -2.30. The zero-order valence-corrected chi connectivity index (χ0v) is 25.5. The van der Waals surface area contributed by atoms with Gasteiger partial charge in [0.25, 0.3) is 0 Å². The lowest BCUT2D eigenvalue weighted by atomic mass is 9.89. The van der Waals surface area contributed by atoms with E-state index in [1.165, 1.54) is 95.5 Å². The van der Waals surface area contributed by atoms with Gasteiger partial charge < -0.3 is 14.7 Å². The number of rotatable bonds is 30. The molecule has 0 fully saturated rings. The zero-order valence-electron chi connectivity index (χ0n) is 25.5. The molecule has 2 unspecified atom stereocenters. The van der Waals surface area contributed by atoms with Crippen molar-refractivity contribution in [3.63, 3.8) is 0 Å². The normalized spacial score (nSPS) is 13.4. The molecule has 2 atom stereocenters. The predicted octanol–water partition coefficient (Wildman–Crippen LogP) is 8.84. The fourth-order valence-corrected chi connectivity index (χ4v) is 5.02. The Bertz CT molecular complexity index is 547. The first-order valence-corrected chi connectivity index (χ1v) is 15.9. The van der Waals surface area contributed by atoms with Gasteiger partial charge in [0.2, 0.25) is 0 Å². The highest BCUT2D eigenvalue weighted by atomic mass is 17.3. The number of hydrogen-bond acceptors (Lipinski definition) is 7. The third-order valence-corrected chi connectivity index (χ3v) is 7.37. The van der Waals surface area contributed by atoms with Crippen molar-refractivity contribution in [2.75, 3.05) is 27.2 Å². The summed E-state index contributed by atoms with van der Waals surface area (Å²) in [6.45, 7) is 3.56. The maximum Gasteiger partial charge on any atom is 0.506 e. The van der Waals surface area contributed by atoms with Gasteiger partial charge in [0, 0.05) is 6.54 Å². The van der Waals surface area contributed by atoms with Crippen molar-refractivity contribution in [3.8, 4) is 0 Å². The third kappa shape index (κ3) is 28.1.